The number of aliphatic carboxylic acids is 1. The van der Waals surface area contributed by atoms with Crippen molar-refractivity contribution in [2.75, 3.05) is 13.2 Å². The van der Waals surface area contributed by atoms with Gasteiger partial charge in [-0.15, -0.1) is 0 Å². The maximum atomic E-state index is 13.2. The average Bonchev–Trinajstić information content (AvgIpc) is 3.11. The van der Waals surface area contributed by atoms with Gasteiger partial charge < -0.3 is 25.4 Å². The minimum Gasteiger partial charge on any atom is -0.480 e. The van der Waals surface area contributed by atoms with Gasteiger partial charge in [0.2, 0.25) is 11.7 Å². The third-order valence-corrected chi connectivity index (χ3v) is 9.87. The summed E-state index contributed by atoms with van der Waals surface area (Å²) in [5.74, 6) is -3.01. The quantitative estimate of drug-likeness (QED) is 0.346. The molecular weight excluding hydrogens is 482 g/mol. The van der Waals surface area contributed by atoms with Crippen molar-refractivity contribution < 1.29 is 44.0 Å². The van der Waals surface area contributed by atoms with E-state index in [-0.39, 0.29) is 54.6 Å². The van der Waals surface area contributed by atoms with Crippen LogP contribution in [0.3, 0.4) is 0 Å². The molecule has 0 aromatic carbocycles. The highest BCUT2D eigenvalue weighted by Gasteiger charge is 2.68. The molecule has 0 aromatic rings. The average molecular weight is 520 g/mol. The molecule has 0 spiro atoms. The molecule has 3 saturated carbocycles. The lowest BCUT2D eigenvalue weighted by molar-refractivity contribution is -0.184. The zero-order valence-electron chi connectivity index (χ0n) is 21.5. The van der Waals surface area contributed by atoms with Crippen LogP contribution in [0.25, 0.3) is 0 Å². The van der Waals surface area contributed by atoms with Crippen molar-refractivity contribution in [2.45, 2.75) is 83.3 Å². The van der Waals surface area contributed by atoms with Crippen LogP contribution < -0.4 is 5.32 Å². The van der Waals surface area contributed by atoms with E-state index < -0.39 is 53.9 Å². The summed E-state index contributed by atoms with van der Waals surface area (Å²) in [5, 5.41) is 33.8. The lowest BCUT2D eigenvalue weighted by atomic mass is 9.45. The van der Waals surface area contributed by atoms with Crippen LogP contribution in [0.15, 0.2) is 11.6 Å². The van der Waals surface area contributed by atoms with Gasteiger partial charge in [-0.3, -0.25) is 24.0 Å². The van der Waals surface area contributed by atoms with Crippen LogP contribution in [0.1, 0.15) is 71.6 Å². The summed E-state index contributed by atoms with van der Waals surface area (Å²) in [6.07, 6.45) is 4.24. The Balaban J connectivity index is 1.41. The van der Waals surface area contributed by atoms with Crippen molar-refractivity contribution >= 4 is 29.4 Å². The molecule has 0 bridgehead atoms. The summed E-state index contributed by atoms with van der Waals surface area (Å²) >= 11 is 0. The Hall–Kier alpha value is -2.59. The molecular formula is C27H37NO9. The number of ketones is 2. The van der Waals surface area contributed by atoms with Crippen molar-refractivity contribution in [1.29, 1.82) is 0 Å². The van der Waals surface area contributed by atoms with E-state index in [2.05, 4.69) is 12.2 Å². The molecule has 4 rings (SSSR count). The van der Waals surface area contributed by atoms with Crippen LogP contribution in [0.4, 0.5) is 0 Å². The molecule has 10 heteroatoms. The van der Waals surface area contributed by atoms with E-state index in [9.17, 15) is 34.2 Å². The Morgan fingerprint density at radius 2 is 1.84 bits per heavy atom. The lowest BCUT2D eigenvalue weighted by Crippen LogP contribution is -2.62. The van der Waals surface area contributed by atoms with Gasteiger partial charge in [0.05, 0.1) is 12.5 Å². The number of hydrogen-bond acceptors (Lipinski definition) is 8. The van der Waals surface area contributed by atoms with E-state index in [0.717, 1.165) is 18.4 Å². The molecule has 4 aliphatic rings. The Bertz CT molecular complexity index is 1040. The van der Waals surface area contributed by atoms with E-state index in [1.165, 1.54) is 0 Å². The topological polar surface area (TPSA) is 167 Å². The number of carbonyl (C=O) groups excluding carboxylic acids is 4. The minimum atomic E-state index is -1.75. The highest BCUT2D eigenvalue weighted by molar-refractivity contribution is 5.92. The highest BCUT2D eigenvalue weighted by atomic mass is 16.5. The van der Waals surface area contributed by atoms with Crippen molar-refractivity contribution in [3.8, 4) is 0 Å². The van der Waals surface area contributed by atoms with Crippen LogP contribution in [-0.2, 0) is 28.7 Å². The summed E-state index contributed by atoms with van der Waals surface area (Å²) in [4.78, 5) is 59.5. The molecule has 204 valence electrons. The van der Waals surface area contributed by atoms with Crippen molar-refractivity contribution in [3.05, 3.63) is 11.6 Å². The van der Waals surface area contributed by atoms with Crippen LogP contribution >= 0.6 is 0 Å². The number of allylic oxidation sites excluding steroid dienone is 1. The first-order chi connectivity index (χ1) is 17.3. The fourth-order valence-electron chi connectivity index (χ4n) is 7.97. The van der Waals surface area contributed by atoms with Crippen LogP contribution in [-0.4, -0.2) is 69.6 Å². The highest BCUT2D eigenvalue weighted by Crippen LogP contribution is 2.67. The van der Waals surface area contributed by atoms with Crippen molar-refractivity contribution in [3.63, 3.8) is 0 Å². The Labute approximate surface area is 215 Å². The second-order valence-electron chi connectivity index (χ2n) is 11.7. The normalized spacial score (nSPS) is 38.5. The number of carbonyl (C=O) groups is 5. The molecule has 7 atom stereocenters. The number of hydrogen-bond donors (Lipinski definition) is 4. The summed E-state index contributed by atoms with van der Waals surface area (Å²) in [6.45, 7) is 2.81. The van der Waals surface area contributed by atoms with E-state index in [0.29, 0.717) is 19.3 Å². The van der Waals surface area contributed by atoms with Gasteiger partial charge in [0, 0.05) is 18.3 Å². The number of esters is 1. The molecule has 0 unspecified atom stereocenters. The summed E-state index contributed by atoms with van der Waals surface area (Å²) in [7, 11) is 0. The minimum absolute atomic E-state index is 0.0134. The van der Waals surface area contributed by atoms with Gasteiger partial charge in [-0.2, -0.15) is 0 Å². The second kappa shape index (κ2) is 9.94. The first-order valence-corrected chi connectivity index (χ1v) is 13.1. The molecule has 0 aliphatic heterocycles. The number of aliphatic hydroxyl groups excluding tert-OH is 1. The molecule has 0 radical (unpaired) electrons. The molecule has 1 amide bonds. The zero-order valence-corrected chi connectivity index (χ0v) is 21.5. The van der Waals surface area contributed by atoms with Crippen molar-refractivity contribution in [1.82, 2.24) is 5.32 Å². The van der Waals surface area contributed by atoms with Gasteiger partial charge in [0.15, 0.2) is 12.4 Å². The van der Waals surface area contributed by atoms with E-state index in [4.69, 9.17) is 9.84 Å². The summed E-state index contributed by atoms with van der Waals surface area (Å²) in [5.41, 5.74) is -1.78. The predicted molar refractivity (Wildman–Crippen MR) is 129 cm³/mol. The molecule has 4 N–H and O–H groups in total. The fourth-order valence-corrected chi connectivity index (χ4v) is 7.97. The number of amides is 1. The first kappa shape index (κ1) is 27.4. The molecule has 37 heavy (non-hydrogen) atoms. The zero-order chi connectivity index (χ0) is 27.2. The molecule has 10 nitrogen and oxygen atoms in total. The molecule has 0 aromatic heterocycles. The second-order valence-corrected chi connectivity index (χ2v) is 11.7. The smallest absolute Gasteiger partial charge is 0.322 e. The Kier molecular flexibility index (Phi) is 7.38. The number of fused-ring (bicyclic) bond motifs is 5. The largest absolute Gasteiger partial charge is 0.480 e. The van der Waals surface area contributed by atoms with Crippen LogP contribution in [0.2, 0.25) is 0 Å². The predicted octanol–water partition coefficient (Wildman–Crippen LogP) is 1.31. The number of carboxylic acid groups (broad SMARTS) is 1. The fraction of sp³-hybridized carbons (Fsp3) is 0.741. The van der Waals surface area contributed by atoms with E-state index >= 15 is 0 Å². The van der Waals surface area contributed by atoms with Crippen LogP contribution in [0, 0.1) is 28.6 Å². The summed E-state index contributed by atoms with van der Waals surface area (Å²) in [6, 6.07) is 0. The van der Waals surface area contributed by atoms with Gasteiger partial charge in [0.25, 0.3) is 0 Å². The van der Waals surface area contributed by atoms with Gasteiger partial charge >= 0.3 is 11.9 Å². The first-order valence-electron chi connectivity index (χ1n) is 13.1. The number of ether oxygens (including phenoxy) is 1. The van der Waals surface area contributed by atoms with E-state index in [1.54, 1.807) is 6.08 Å². The molecule has 0 saturated heterocycles. The summed E-state index contributed by atoms with van der Waals surface area (Å²) < 4.78 is 5.07. The number of carboxylic acids is 1. The standard InChI is InChI=1S/C27H37NO9/c1-25-9-7-16(29)11-15(25)3-4-17-18-8-10-27(36,26(18,2)12-19(30)24(17)25)20(31)14-37-23(35)6-5-21(32)28-13-22(33)34/h11,17-19,24,30,36H,3-10,12-14H2,1-2H3,(H,28,32)(H,33,34)/t17-,18-,19-,24+,25-,26-,27+/m0/s1. The van der Waals surface area contributed by atoms with Crippen molar-refractivity contribution in [2.24, 2.45) is 28.6 Å². The molecule has 0 heterocycles. The molecule has 3 fully saturated rings. The van der Waals surface area contributed by atoms with Gasteiger partial charge in [-0.1, -0.05) is 19.4 Å². The third-order valence-electron chi connectivity index (χ3n) is 9.87. The van der Waals surface area contributed by atoms with E-state index in [1.807, 2.05) is 6.92 Å². The van der Waals surface area contributed by atoms with Gasteiger partial charge in [-0.05, 0) is 67.8 Å². The number of nitrogens with one attached hydrogen (secondary N) is 1. The van der Waals surface area contributed by atoms with Gasteiger partial charge in [0.1, 0.15) is 12.1 Å². The number of Topliss-reactive ketones (excluding diaryl/α,β-unsaturated/α-hetero) is 1. The SMILES string of the molecule is C[C@]12CCC(=O)C=C1CC[C@@H]1[C@@H]2[C@@H](O)C[C@@]2(C)[C@H]1CC[C@@]2(O)C(=O)COC(=O)CCC(=O)NCC(=O)O. The third kappa shape index (κ3) is 4.74. The number of aliphatic hydroxyl groups is 2. The molecule has 4 aliphatic carbocycles. The Morgan fingerprint density at radius 1 is 1.11 bits per heavy atom. The maximum absolute atomic E-state index is 13.2. The lowest BCUT2D eigenvalue weighted by Gasteiger charge is -2.60. The van der Waals surface area contributed by atoms with Crippen LogP contribution in [0.5, 0.6) is 0 Å². The maximum Gasteiger partial charge on any atom is 0.322 e. The Morgan fingerprint density at radius 3 is 2.54 bits per heavy atom. The van der Waals surface area contributed by atoms with Gasteiger partial charge in [-0.25, -0.2) is 0 Å². The monoisotopic (exact) mass is 519 g/mol. The number of rotatable bonds is 8.